The minimum absolute atomic E-state index is 0.0653. The normalized spacial score (nSPS) is 22.1. The maximum absolute atomic E-state index is 9.19. The minimum atomic E-state index is -0.0653. The van der Waals surface area contributed by atoms with E-state index in [9.17, 15) is 5.11 Å². The van der Waals surface area contributed by atoms with E-state index in [1.165, 1.54) is 19.3 Å². The molecule has 0 aliphatic carbocycles. The highest BCUT2D eigenvalue weighted by atomic mass is 32.1. The van der Waals surface area contributed by atoms with Gasteiger partial charge in [-0.15, -0.1) is 0 Å². The molecule has 5 nitrogen and oxygen atoms in total. The van der Waals surface area contributed by atoms with Crippen LogP contribution in [0.4, 0.5) is 0 Å². The summed E-state index contributed by atoms with van der Waals surface area (Å²) in [4.78, 5) is 2.40. The van der Waals surface area contributed by atoms with Gasteiger partial charge in [0.1, 0.15) is 6.61 Å². The Kier molecular flexibility index (Phi) is 4.53. The lowest BCUT2D eigenvalue weighted by Gasteiger charge is -2.19. The van der Waals surface area contributed by atoms with Crippen LogP contribution in [0.3, 0.4) is 0 Å². The highest BCUT2D eigenvalue weighted by Crippen LogP contribution is 2.16. The van der Waals surface area contributed by atoms with Gasteiger partial charge in [-0.25, -0.2) is 4.68 Å². The number of hydrogen-bond donors (Lipinski definition) is 1. The maximum atomic E-state index is 9.19. The lowest BCUT2D eigenvalue weighted by molar-refractivity contribution is 0.209. The molecular formula is C12H22N4OS. The highest BCUT2D eigenvalue weighted by molar-refractivity contribution is 7.71. The SMILES string of the molecule is CC1CCCN(Cn2nc(CO)n(C)c2=S)CC1. The van der Waals surface area contributed by atoms with Crippen molar-refractivity contribution in [3.05, 3.63) is 10.6 Å². The first-order valence-electron chi connectivity index (χ1n) is 6.57. The molecule has 18 heavy (non-hydrogen) atoms. The molecule has 1 aliphatic rings. The summed E-state index contributed by atoms with van der Waals surface area (Å²) in [5.74, 6) is 1.45. The van der Waals surface area contributed by atoms with Crippen molar-refractivity contribution in [3.63, 3.8) is 0 Å². The molecule has 0 bridgehead atoms. The molecule has 0 radical (unpaired) electrons. The van der Waals surface area contributed by atoms with Crippen molar-refractivity contribution in [1.29, 1.82) is 0 Å². The van der Waals surface area contributed by atoms with Gasteiger partial charge in [-0.1, -0.05) is 6.92 Å². The van der Waals surface area contributed by atoms with E-state index in [0.717, 1.165) is 25.7 Å². The number of nitrogens with zero attached hydrogens (tertiary/aromatic N) is 4. The molecule has 1 aliphatic heterocycles. The smallest absolute Gasteiger partial charge is 0.198 e. The Bertz CT molecular complexity index is 453. The van der Waals surface area contributed by atoms with Crippen molar-refractivity contribution in [2.45, 2.75) is 39.5 Å². The van der Waals surface area contributed by atoms with E-state index in [0.29, 0.717) is 10.6 Å². The fourth-order valence-corrected chi connectivity index (χ4v) is 2.62. The molecule has 0 amide bonds. The predicted molar refractivity (Wildman–Crippen MR) is 72.5 cm³/mol. The summed E-state index contributed by atoms with van der Waals surface area (Å²) in [6.45, 7) is 5.20. The highest BCUT2D eigenvalue weighted by Gasteiger charge is 2.15. The van der Waals surface area contributed by atoms with Crippen molar-refractivity contribution in [2.24, 2.45) is 13.0 Å². The van der Waals surface area contributed by atoms with E-state index in [4.69, 9.17) is 12.2 Å². The molecule has 6 heteroatoms. The summed E-state index contributed by atoms with van der Waals surface area (Å²) in [5, 5.41) is 13.5. The molecule has 0 aromatic carbocycles. The number of rotatable bonds is 3. The zero-order valence-corrected chi connectivity index (χ0v) is 12.0. The zero-order chi connectivity index (χ0) is 13.1. The third-order valence-corrected chi connectivity index (χ3v) is 4.20. The van der Waals surface area contributed by atoms with E-state index in [-0.39, 0.29) is 6.61 Å². The van der Waals surface area contributed by atoms with Crippen molar-refractivity contribution in [3.8, 4) is 0 Å². The number of likely N-dealkylation sites (tertiary alicyclic amines) is 1. The molecule has 1 atom stereocenters. The molecule has 1 aromatic rings. The summed E-state index contributed by atoms with van der Waals surface area (Å²) < 4.78 is 4.27. The Hall–Kier alpha value is -0.720. The minimum Gasteiger partial charge on any atom is -0.388 e. The number of aliphatic hydroxyl groups excluding tert-OH is 1. The topological polar surface area (TPSA) is 46.2 Å². The fraction of sp³-hybridized carbons (Fsp3) is 0.833. The quantitative estimate of drug-likeness (QED) is 0.846. The van der Waals surface area contributed by atoms with Gasteiger partial charge in [-0.2, -0.15) is 5.10 Å². The Balaban J connectivity index is 2.07. The largest absolute Gasteiger partial charge is 0.388 e. The monoisotopic (exact) mass is 270 g/mol. The Labute approximate surface area is 113 Å². The van der Waals surface area contributed by atoms with Gasteiger partial charge >= 0.3 is 0 Å². The lowest BCUT2D eigenvalue weighted by Crippen LogP contribution is -2.28. The summed E-state index contributed by atoms with van der Waals surface area (Å²) in [6, 6.07) is 0. The second-order valence-corrected chi connectivity index (χ2v) is 5.58. The van der Waals surface area contributed by atoms with Crippen molar-refractivity contribution in [1.82, 2.24) is 19.2 Å². The molecule has 1 unspecified atom stereocenters. The Morgan fingerprint density at radius 2 is 2.17 bits per heavy atom. The molecule has 0 spiro atoms. The van der Waals surface area contributed by atoms with Gasteiger partial charge in [-0.3, -0.25) is 4.90 Å². The predicted octanol–water partition coefficient (Wildman–Crippen LogP) is 1.52. The number of hydrogen-bond acceptors (Lipinski definition) is 4. The van der Waals surface area contributed by atoms with Gasteiger partial charge in [0.2, 0.25) is 0 Å². The van der Waals surface area contributed by atoms with Crippen LogP contribution in [0, 0.1) is 10.7 Å². The van der Waals surface area contributed by atoms with Gasteiger partial charge in [0, 0.05) is 13.6 Å². The molecule has 1 N–H and O–H groups in total. The lowest BCUT2D eigenvalue weighted by atomic mass is 10.0. The third-order valence-electron chi connectivity index (χ3n) is 3.72. The van der Waals surface area contributed by atoms with Crippen LogP contribution in [0.1, 0.15) is 32.0 Å². The van der Waals surface area contributed by atoms with Crippen molar-refractivity contribution >= 4 is 12.2 Å². The average molecular weight is 270 g/mol. The summed E-state index contributed by atoms with van der Waals surface area (Å²) in [5.41, 5.74) is 0. The van der Waals surface area contributed by atoms with Gasteiger partial charge < -0.3 is 9.67 Å². The first kappa shape index (κ1) is 13.7. The standard InChI is InChI=1S/C12H22N4OS/c1-10-4-3-6-15(7-5-10)9-16-12(18)14(2)11(8-17)13-16/h10,17H,3-9H2,1-2H3. The van der Waals surface area contributed by atoms with Crippen molar-refractivity contribution < 1.29 is 5.11 Å². The van der Waals surface area contributed by atoms with Crippen LogP contribution < -0.4 is 0 Å². The summed E-state index contributed by atoms with van der Waals surface area (Å²) in [6.07, 6.45) is 3.80. The van der Waals surface area contributed by atoms with E-state index in [2.05, 4.69) is 16.9 Å². The molecule has 0 saturated carbocycles. The molecule has 2 rings (SSSR count). The number of aliphatic hydroxyl groups is 1. The first-order chi connectivity index (χ1) is 8.61. The van der Waals surface area contributed by atoms with Crippen LogP contribution >= 0.6 is 12.2 Å². The van der Waals surface area contributed by atoms with Gasteiger partial charge in [0.05, 0.1) is 6.67 Å². The number of aromatic nitrogens is 3. The maximum Gasteiger partial charge on any atom is 0.198 e. The second kappa shape index (κ2) is 5.95. The molecule has 1 fully saturated rings. The molecular weight excluding hydrogens is 248 g/mol. The van der Waals surface area contributed by atoms with Gasteiger partial charge in [0.15, 0.2) is 10.6 Å². The van der Waals surface area contributed by atoms with Gasteiger partial charge in [-0.05, 0) is 43.9 Å². The molecule has 1 saturated heterocycles. The second-order valence-electron chi connectivity index (χ2n) is 5.21. The molecule has 102 valence electrons. The van der Waals surface area contributed by atoms with Crippen LogP contribution in [-0.4, -0.2) is 37.4 Å². The van der Waals surface area contributed by atoms with Crippen LogP contribution in [0.15, 0.2) is 0 Å². The molecule has 1 aromatic heterocycles. The van der Waals surface area contributed by atoms with Crippen LogP contribution in [0.25, 0.3) is 0 Å². The van der Waals surface area contributed by atoms with Crippen LogP contribution in [0.2, 0.25) is 0 Å². The van der Waals surface area contributed by atoms with E-state index >= 15 is 0 Å². The summed E-state index contributed by atoms with van der Waals surface area (Å²) >= 11 is 5.33. The zero-order valence-electron chi connectivity index (χ0n) is 11.2. The fourth-order valence-electron chi connectivity index (χ4n) is 2.42. The van der Waals surface area contributed by atoms with Gasteiger partial charge in [0.25, 0.3) is 0 Å². The first-order valence-corrected chi connectivity index (χ1v) is 6.98. The van der Waals surface area contributed by atoms with Crippen LogP contribution in [-0.2, 0) is 20.3 Å². The third kappa shape index (κ3) is 2.99. The summed E-state index contributed by atoms with van der Waals surface area (Å²) in [7, 11) is 1.85. The van der Waals surface area contributed by atoms with E-state index < -0.39 is 0 Å². The Morgan fingerprint density at radius 3 is 2.83 bits per heavy atom. The molecule has 2 heterocycles. The van der Waals surface area contributed by atoms with Crippen molar-refractivity contribution in [2.75, 3.05) is 13.1 Å². The average Bonchev–Trinajstić information content (AvgIpc) is 2.54. The van der Waals surface area contributed by atoms with E-state index in [1.807, 2.05) is 11.7 Å². The Morgan fingerprint density at radius 1 is 1.39 bits per heavy atom. The van der Waals surface area contributed by atoms with Crippen LogP contribution in [0.5, 0.6) is 0 Å². The van der Waals surface area contributed by atoms with E-state index in [1.54, 1.807) is 4.57 Å².